The van der Waals surface area contributed by atoms with Gasteiger partial charge in [-0.3, -0.25) is 0 Å². The summed E-state index contributed by atoms with van der Waals surface area (Å²) in [6.45, 7) is 1.83. The second-order valence-corrected chi connectivity index (χ2v) is 2.97. The number of benzene rings is 1. The molecule has 4 heteroatoms. The summed E-state index contributed by atoms with van der Waals surface area (Å²) in [6, 6.07) is 4.38. The van der Waals surface area contributed by atoms with Crippen molar-refractivity contribution in [2.24, 2.45) is 0 Å². The Kier molecular flexibility index (Phi) is 3.51. The maximum absolute atomic E-state index is 13.0. The first-order valence-corrected chi connectivity index (χ1v) is 4.26. The van der Waals surface area contributed by atoms with E-state index in [1.807, 2.05) is 6.92 Å². The number of ether oxygens (including phenoxy) is 1. The third-order valence-corrected chi connectivity index (χ3v) is 2.12. The third kappa shape index (κ3) is 2.57. The lowest BCUT2D eigenvalue weighted by atomic mass is 10.1. The van der Waals surface area contributed by atoms with Crippen LogP contribution in [0.5, 0.6) is 5.75 Å². The maximum Gasteiger partial charge on any atom is 0.127 e. The summed E-state index contributed by atoms with van der Waals surface area (Å²) < 4.78 is 17.9. The SMILES string of the molecule is COc1cc(F)cc(C(C)NCl)c1. The summed E-state index contributed by atoms with van der Waals surface area (Å²) >= 11 is 5.42. The van der Waals surface area contributed by atoms with Gasteiger partial charge >= 0.3 is 0 Å². The quantitative estimate of drug-likeness (QED) is 0.763. The van der Waals surface area contributed by atoms with E-state index in [1.54, 1.807) is 6.07 Å². The van der Waals surface area contributed by atoms with Gasteiger partial charge < -0.3 is 4.74 Å². The van der Waals surface area contributed by atoms with Gasteiger partial charge in [0.2, 0.25) is 0 Å². The van der Waals surface area contributed by atoms with E-state index in [-0.39, 0.29) is 11.9 Å². The molecule has 0 radical (unpaired) electrons. The first-order valence-electron chi connectivity index (χ1n) is 3.88. The first kappa shape index (κ1) is 10.3. The van der Waals surface area contributed by atoms with E-state index in [9.17, 15) is 4.39 Å². The fraction of sp³-hybridized carbons (Fsp3) is 0.333. The molecule has 1 aromatic rings. The van der Waals surface area contributed by atoms with Crippen molar-refractivity contribution >= 4 is 11.8 Å². The largest absolute Gasteiger partial charge is 0.497 e. The number of rotatable bonds is 3. The Labute approximate surface area is 81.8 Å². The third-order valence-electron chi connectivity index (χ3n) is 1.79. The number of hydrogen-bond acceptors (Lipinski definition) is 2. The van der Waals surface area contributed by atoms with Gasteiger partial charge in [0.15, 0.2) is 0 Å². The first-order chi connectivity index (χ1) is 6.17. The van der Waals surface area contributed by atoms with Gasteiger partial charge in [-0.25, -0.2) is 9.23 Å². The molecular formula is C9H11ClFNO. The molecular weight excluding hydrogens is 193 g/mol. The smallest absolute Gasteiger partial charge is 0.127 e. The molecule has 13 heavy (non-hydrogen) atoms. The average Bonchev–Trinajstić information content (AvgIpc) is 2.15. The molecule has 1 aromatic carbocycles. The van der Waals surface area contributed by atoms with Crippen LogP contribution >= 0.6 is 11.8 Å². The number of nitrogens with one attached hydrogen (secondary N) is 1. The van der Waals surface area contributed by atoms with Crippen LogP contribution in [0.4, 0.5) is 4.39 Å². The van der Waals surface area contributed by atoms with Crippen LogP contribution in [0.3, 0.4) is 0 Å². The van der Waals surface area contributed by atoms with E-state index in [1.165, 1.54) is 19.2 Å². The highest BCUT2D eigenvalue weighted by molar-refractivity contribution is 6.13. The Balaban J connectivity index is 3.01. The van der Waals surface area contributed by atoms with Gasteiger partial charge in [-0.15, -0.1) is 0 Å². The zero-order valence-corrected chi connectivity index (χ0v) is 8.23. The highest BCUT2D eigenvalue weighted by Crippen LogP contribution is 2.21. The van der Waals surface area contributed by atoms with E-state index in [0.29, 0.717) is 5.75 Å². The number of halogens is 2. The van der Waals surface area contributed by atoms with Crippen LogP contribution in [0.15, 0.2) is 18.2 Å². The lowest BCUT2D eigenvalue weighted by Gasteiger charge is -2.10. The number of methoxy groups -OCH3 is 1. The molecule has 1 N–H and O–H groups in total. The topological polar surface area (TPSA) is 21.3 Å². The van der Waals surface area contributed by atoms with Crippen molar-refractivity contribution in [1.82, 2.24) is 4.84 Å². The Morgan fingerprint density at radius 1 is 1.46 bits per heavy atom. The zero-order chi connectivity index (χ0) is 9.84. The molecule has 1 rings (SSSR count). The fourth-order valence-electron chi connectivity index (χ4n) is 1.02. The monoisotopic (exact) mass is 203 g/mol. The van der Waals surface area contributed by atoms with Gasteiger partial charge in [-0.1, -0.05) is 0 Å². The number of hydrogen-bond donors (Lipinski definition) is 1. The van der Waals surface area contributed by atoms with Crippen molar-refractivity contribution in [3.8, 4) is 5.75 Å². The highest BCUT2D eigenvalue weighted by atomic mass is 35.5. The molecule has 2 nitrogen and oxygen atoms in total. The van der Waals surface area contributed by atoms with Crippen molar-refractivity contribution in [1.29, 1.82) is 0 Å². The van der Waals surface area contributed by atoms with Gasteiger partial charge in [0, 0.05) is 12.1 Å². The molecule has 1 atom stereocenters. The molecule has 0 spiro atoms. The van der Waals surface area contributed by atoms with Gasteiger partial charge in [-0.2, -0.15) is 0 Å². The van der Waals surface area contributed by atoms with Crippen LogP contribution < -0.4 is 9.57 Å². The molecule has 0 aromatic heterocycles. The minimum absolute atomic E-state index is 0.105. The van der Waals surface area contributed by atoms with Gasteiger partial charge in [0.05, 0.1) is 7.11 Å². The van der Waals surface area contributed by atoms with Crippen LogP contribution in [-0.4, -0.2) is 7.11 Å². The molecule has 0 bridgehead atoms. The van der Waals surface area contributed by atoms with Gasteiger partial charge in [-0.05, 0) is 36.4 Å². The molecule has 0 aliphatic heterocycles. The van der Waals surface area contributed by atoms with Crippen molar-refractivity contribution in [2.45, 2.75) is 13.0 Å². The maximum atomic E-state index is 13.0. The predicted molar refractivity (Wildman–Crippen MR) is 50.4 cm³/mol. The molecule has 0 saturated heterocycles. The minimum atomic E-state index is -0.326. The Hall–Kier alpha value is -0.800. The van der Waals surface area contributed by atoms with Gasteiger partial charge in [0.1, 0.15) is 11.6 Å². The summed E-state index contributed by atoms with van der Waals surface area (Å²) in [5.74, 6) is 0.168. The minimum Gasteiger partial charge on any atom is -0.497 e. The second-order valence-electron chi connectivity index (χ2n) is 2.76. The van der Waals surface area contributed by atoms with E-state index in [0.717, 1.165) is 5.56 Å². The van der Waals surface area contributed by atoms with Crippen molar-refractivity contribution in [3.05, 3.63) is 29.6 Å². The molecule has 0 aliphatic carbocycles. The van der Waals surface area contributed by atoms with E-state index in [2.05, 4.69) is 4.84 Å². The Morgan fingerprint density at radius 3 is 2.69 bits per heavy atom. The molecule has 0 heterocycles. The van der Waals surface area contributed by atoms with E-state index >= 15 is 0 Å². The summed E-state index contributed by atoms with van der Waals surface area (Å²) in [4.78, 5) is 2.51. The van der Waals surface area contributed by atoms with Crippen molar-refractivity contribution < 1.29 is 9.13 Å². The van der Waals surface area contributed by atoms with Crippen molar-refractivity contribution in [2.75, 3.05) is 7.11 Å². The average molecular weight is 204 g/mol. The Morgan fingerprint density at radius 2 is 2.15 bits per heavy atom. The second kappa shape index (κ2) is 4.44. The molecule has 0 saturated carbocycles. The normalized spacial score (nSPS) is 12.6. The van der Waals surface area contributed by atoms with Crippen LogP contribution in [0, 0.1) is 5.82 Å². The lowest BCUT2D eigenvalue weighted by molar-refractivity contribution is 0.410. The fourth-order valence-corrected chi connectivity index (χ4v) is 1.14. The van der Waals surface area contributed by atoms with Crippen LogP contribution in [0.2, 0.25) is 0 Å². The zero-order valence-electron chi connectivity index (χ0n) is 7.47. The molecule has 0 amide bonds. The predicted octanol–water partition coefficient (Wildman–Crippen LogP) is 2.64. The summed E-state index contributed by atoms with van der Waals surface area (Å²) in [5.41, 5.74) is 0.756. The molecule has 1 unspecified atom stereocenters. The van der Waals surface area contributed by atoms with Gasteiger partial charge in [0.25, 0.3) is 0 Å². The Bertz CT molecular complexity index is 293. The molecule has 0 fully saturated rings. The van der Waals surface area contributed by atoms with Crippen LogP contribution in [0.25, 0.3) is 0 Å². The summed E-state index contributed by atoms with van der Waals surface area (Å²) in [7, 11) is 1.50. The standard InChI is InChI=1S/C9H11ClFNO/c1-6(12-10)7-3-8(11)5-9(4-7)13-2/h3-6,12H,1-2H3. The summed E-state index contributed by atoms with van der Waals surface area (Å²) in [6.07, 6.45) is 0. The van der Waals surface area contributed by atoms with E-state index < -0.39 is 0 Å². The van der Waals surface area contributed by atoms with E-state index in [4.69, 9.17) is 16.5 Å². The highest BCUT2D eigenvalue weighted by Gasteiger charge is 2.06. The van der Waals surface area contributed by atoms with Crippen molar-refractivity contribution in [3.63, 3.8) is 0 Å². The molecule has 72 valence electrons. The lowest BCUT2D eigenvalue weighted by Crippen LogP contribution is -2.07. The van der Waals surface area contributed by atoms with Crippen LogP contribution in [0.1, 0.15) is 18.5 Å². The van der Waals surface area contributed by atoms with Crippen LogP contribution in [-0.2, 0) is 0 Å². The molecule has 0 aliphatic rings. The summed E-state index contributed by atoms with van der Waals surface area (Å²) in [5, 5.41) is 0.